The summed E-state index contributed by atoms with van der Waals surface area (Å²) < 4.78 is 16.4. The van der Waals surface area contributed by atoms with Gasteiger partial charge in [-0.3, -0.25) is 14.2 Å². The largest absolute Gasteiger partial charge is 0.388 e. The van der Waals surface area contributed by atoms with E-state index in [0.29, 0.717) is 37.2 Å². The van der Waals surface area contributed by atoms with Crippen LogP contribution in [0.1, 0.15) is 31.2 Å². The fourth-order valence-corrected chi connectivity index (χ4v) is 4.41. The first-order valence-electron chi connectivity index (χ1n) is 11.7. The lowest BCUT2D eigenvalue weighted by Gasteiger charge is -2.38. The van der Waals surface area contributed by atoms with Gasteiger partial charge in [0.1, 0.15) is 17.7 Å². The Balaban J connectivity index is 1.22. The zero-order valence-corrected chi connectivity index (χ0v) is 19.1. The van der Waals surface area contributed by atoms with Gasteiger partial charge in [0.15, 0.2) is 0 Å². The molecule has 0 unspecified atom stereocenters. The number of aromatic nitrogens is 3. The van der Waals surface area contributed by atoms with E-state index < -0.39 is 17.4 Å². The van der Waals surface area contributed by atoms with Gasteiger partial charge in [-0.15, -0.1) is 0 Å². The summed E-state index contributed by atoms with van der Waals surface area (Å²) >= 11 is 0. The number of benzene rings is 1. The minimum absolute atomic E-state index is 0.0131. The standard InChI is InChI=1S/C24H27FN6O4/c25-19-4-2-1-3-17(19)12-26-23(34)28-18-11-20-22(33)30(15-27-31(20)13-18)14-24(35)7-9-29(10-8-24)21(32)16-5-6-16/h1-4,11,13,15-16,35H,5-10,12,14H2,(H2,26,28,34). The summed E-state index contributed by atoms with van der Waals surface area (Å²) in [6.45, 7) is 1.02. The van der Waals surface area contributed by atoms with Crippen molar-refractivity contribution in [3.05, 3.63) is 64.6 Å². The highest BCUT2D eigenvalue weighted by molar-refractivity contribution is 5.90. The number of amides is 3. The first-order chi connectivity index (χ1) is 16.8. The molecule has 5 rings (SSSR count). The third-order valence-electron chi connectivity index (χ3n) is 6.65. The number of nitrogens with zero attached hydrogens (tertiary/aromatic N) is 4. The van der Waals surface area contributed by atoms with Crippen LogP contribution in [0.3, 0.4) is 0 Å². The van der Waals surface area contributed by atoms with Crippen LogP contribution in [-0.4, -0.2) is 54.8 Å². The molecule has 0 spiro atoms. The number of likely N-dealkylation sites (tertiary alicyclic amines) is 1. The molecule has 1 saturated heterocycles. The molecular weight excluding hydrogens is 455 g/mol. The number of anilines is 1. The fraction of sp³-hybridized carbons (Fsp3) is 0.417. The summed E-state index contributed by atoms with van der Waals surface area (Å²) in [6, 6.07) is 7.10. The van der Waals surface area contributed by atoms with Gasteiger partial charge >= 0.3 is 6.03 Å². The molecule has 0 bridgehead atoms. The SMILES string of the molecule is O=C(NCc1ccccc1F)Nc1cc2c(=O)n(CC3(O)CCN(C(=O)C4CC4)CC3)cnn2c1. The maximum atomic E-state index is 13.7. The Bertz CT molecular complexity index is 1320. The lowest BCUT2D eigenvalue weighted by molar-refractivity contribution is -0.137. The van der Waals surface area contributed by atoms with Crippen LogP contribution in [0.4, 0.5) is 14.9 Å². The number of piperidine rings is 1. The predicted octanol–water partition coefficient (Wildman–Crippen LogP) is 1.72. The maximum Gasteiger partial charge on any atom is 0.319 e. The van der Waals surface area contributed by atoms with E-state index in [1.165, 1.54) is 33.7 Å². The summed E-state index contributed by atoms with van der Waals surface area (Å²) in [6.07, 6.45) is 5.53. The molecule has 2 aromatic heterocycles. The molecule has 10 nitrogen and oxygen atoms in total. The predicted molar refractivity (Wildman–Crippen MR) is 125 cm³/mol. The number of rotatable bonds is 6. The van der Waals surface area contributed by atoms with Crippen molar-refractivity contribution >= 4 is 23.1 Å². The van der Waals surface area contributed by atoms with E-state index in [4.69, 9.17) is 0 Å². The summed E-state index contributed by atoms with van der Waals surface area (Å²) in [7, 11) is 0. The molecule has 3 amide bonds. The fourth-order valence-electron chi connectivity index (χ4n) is 4.41. The summed E-state index contributed by atoms with van der Waals surface area (Å²) in [5, 5.41) is 20.5. The van der Waals surface area contributed by atoms with Gasteiger partial charge in [0.2, 0.25) is 5.91 Å². The lowest BCUT2D eigenvalue weighted by Crippen LogP contribution is -2.50. The Morgan fingerprint density at radius 2 is 1.94 bits per heavy atom. The number of hydrogen-bond acceptors (Lipinski definition) is 5. The monoisotopic (exact) mass is 482 g/mol. The molecule has 3 aromatic rings. The zero-order chi connectivity index (χ0) is 24.6. The Morgan fingerprint density at radius 3 is 2.66 bits per heavy atom. The Morgan fingerprint density at radius 1 is 1.20 bits per heavy atom. The van der Waals surface area contributed by atoms with Gasteiger partial charge in [-0.2, -0.15) is 5.10 Å². The van der Waals surface area contributed by atoms with Crippen molar-refractivity contribution < 1.29 is 19.1 Å². The minimum Gasteiger partial charge on any atom is -0.388 e. The maximum absolute atomic E-state index is 13.7. The van der Waals surface area contributed by atoms with Crippen molar-refractivity contribution in [1.29, 1.82) is 0 Å². The van der Waals surface area contributed by atoms with Crippen molar-refractivity contribution in [2.24, 2.45) is 5.92 Å². The lowest BCUT2D eigenvalue weighted by atomic mass is 9.91. The van der Waals surface area contributed by atoms with Crippen molar-refractivity contribution in [3.63, 3.8) is 0 Å². The summed E-state index contributed by atoms with van der Waals surface area (Å²) in [5.41, 5.74) is -0.518. The molecular formula is C24H27FN6O4. The third kappa shape index (κ3) is 5.04. The van der Waals surface area contributed by atoms with Crippen LogP contribution in [0.5, 0.6) is 0 Å². The normalized spacial score (nSPS) is 17.4. The average molecular weight is 483 g/mol. The van der Waals surface area contributed by atoms with E-state index in [1.807, 2.05) is 0 Å². The van der Waals surface area contributed by atoms with E-state index in [9.17, 15) is 23.9 Å². The van der Waals surface area contributed by atoms with E-state index in [2.05, 4.69) is 15.7 Å². The second-order valence-corrected chi connectivity index (χ2v) is 9.35. The van der Waals surface area contributed by atoms with Gasteiger partial charge < -0.3 is 20.6 Å². The highest BCUT2D eigenvalue weighted by atomic mass is 19.1. The average Bonchev–Trinajstić information content (AvgIpc) is 3.61. The van der Waals surface area contributed by atoms with Gasteiger partial charge in [-0.1, -0.05) is 18.2 Å². The van der Waals surface area contributed by atoms with E-state index >= 15 is 0 Å². The van der Waals surface area contributed by atoms with Crippen molar-refractivity contribution in [2.75, 3.05) is 18.4 Å². The smallest absolute Gasteiger partial charge is 0.319 e. The number of urea groups is 1. The molecule has 0 atom stereocenters. The van der Waals surface area contributed by atoms with Gasteiger partial charge in [-0.25, -0.2) is 13.7 Å². The number of nitrogens with one attached hydrogen (secondary N) is 2. The number of aliphatic hydroxyl groups is 1. The molecule has 3 N–H and O–H groups in total. The van der Waals surface area contributed by atoms with Crippen molar-refractivity contribution in [2.45, 2.75) is 44.4 Å². The van der Waals surface area contributed by atoms with Crippen molar-refractivity contribution in [1.82, 2.24) is 24.4 Å². The molecule has 1 aliphatic heterocycles. The molecule has 3 heterocycles. The molecule has 11 heteroatoms. The molecule has 184 valence electrons. The van der Waals surface area contributed by atoms with Crippen LogP contribution < -0.4 is 16.2 Å². The Kier molecular flexibility index (Phi) is 6.01. The quantitative estimate of drug-likeness (QED) is 0.494. The number of halogens is 1. The number of fused-ring (bicyclic) bond motifs is 1. The van der Waals surface area contributed by atoms with Gasteiger partial charge in [0.25, 0.3) is 5.56 Å². The number of carbonyl (C=O) groups is 2. The van der Waals surface area contributed by atoms with E-state index in [-0.39, 0.29) is 36.0 Å². The first kappa shape index (κ1) is 23.0. The van der Waals surface area contributed by atoms with Gasteiger partial charge in [0, 0.05) is 31.1 Å². The Labute approximate surface area is 200 Å². The molecule has 0 radical (unpaired) electrons. The zero-order valence-electron chi connectivity index (χ0n) is 19.1. The molecule has 2 fully saturated rings. The Hall–Kier alpha value is -3.73. The van der Waals surface area contributed by atoms with Crippen LogP contribution in [0, 0.1) is 11.7 Å². The summed E-state index contributed by atoms with van der Waals surface area (Å²) in [5.74, 6) is -0.0957. The third-order valence-corrected chi connectivity index (χ3v) is 6.65. The highest BCUT2D eigenvalue weighted by Gasteiger charge is 2.39. The van der Waals surface area contributed by atoms with Crippen LogP contribution in [0.25, 0.3) is 5.52 Å². The first-order valence-corrected chi connectivity index (χ1v) is 11.7. The van der Waals surface area contributed by atoms with Crippen LogP contribution in [0.2, 0.25) is 0 Å². The van der Waals surface area contributed by atoms with E-state index in [0.717, 1.165) is 12.8 Å². The molecule has 35 heavy (non-hydrogen) atoms. The molecule has 2 aliphatic rings. The van der Waals surface area contributed by atoms with Gasteiger partial charge in [-0.05, 0) is 37.8 Å². The van der Waals surface area contributed by atoms with Gasteiger partial charge in [0.05, 0.1) is 24.0 Å². The van der Waals surface area contributed by atoms with Crippen LogP contribution in [0.15, 0.2) is 47.7 Å². The van der Waals surface area contributed by atoms with E-state index in [1.54, 1.807) is 23.1 Å². The van der Waals surface area contributed by atoms with Crippen LogP contribution >= 0.6 is 0 Å². The molecule has 1 aliphatic carbocycles. The molecule has 1 aromatic carbocycles. The van der Waals surface area contributed by atoms with Crippen molar-refractivity contribution in [3.8, 4) is 0 Å². The second-order valence-electron chi connectivity index (χ2n) is 9.35. The topological polar surface area (TPSA) is 121 Å². The number of carbonyl (C=O) groups excluding carboxylic acids is 2. The highest BCUT2D eigenvalue weighted by Crippen LogP contribution is 2.33. The second kappa shape index (κ2) is 9.14. The minimum atomic E-state index is -1.11. The molecule has 1 saturated carbocycles. The number of hydrogen-bond donors (Lipinski definition) is 3. The summed E-state index contributed by atoms with van der Waals surface area (Å²) in [4.78, 5) is 39.3. The van der Waals surface area contributed by atoms with Crippen LogP contribution in [-0.2, 0) is 17.9 Å².